The van der Waals surface area contributed by atoms with Crippen LogP contribution in [-0.2, 0) is 0 Å². The van der Waals surface area contributed by atoms with Crippen molar-refractivity contribution >= 4 is 37.7 Å². The number of piperidine rings is 1. The zero-order valence-corrected chi connectivity index (χ0v) is 14.9. The van der Waals surface area contributed by atoms with Crippen molar-refractivity contribution in [1.29, 1.82) is 0 Å². The van der Waals surface area contributed by atoms with Gasteiger partial charge in [-0.3, -0.25) is 9.48 Å². The summed E-state index contributed by atoms with van der Waals surface area (Å²) in [5.41, 5.74) is 2.88. The van der Waals surface area contributed by atoms with Gasteiger partial charge in [0.15, 0.2) is 0 Å². The van der Waals surface area contributed by atoms with E-state index in [0.717, 1.165) is 52.4 Å². The quantitative estimate of drug-likeness (QED) is 0.711. The number of fused-ring (bicyclic) bond motifs is 3. The first-order chi connectivity index (χ1) is 11.0. The molecule has 1 aromatic carbocycles. The van der Waals surface area contributed by atoms with E-state index in [0.29, 0.717) is 11.4 Å². The third-order valence-electron chi connectivity index (χ3n) is 4.88. The molecule has 5 nitrogen and oxygen atoms in total. The topological polar surface area (TPSA) is 53.9 Å². The number of nitrogens with one attached hydrogen (secondary N) is 1. The minimum absolute atomic E-state index is 0.0617. The third kappa shape index (κ3) is 2.40. The van der Waals surface area contributed by atoms with E-state index in [2.05, 4.69) is 48.7 Å². The van der Waals surface area contributed by atoms with Gasteiger partial charge in [0.2, 0.25) is 0 Å². The maximum atomic E-state index is 12.4. The molecular formula is C17H19BrN4O. The first-order valence-corrected chi connectivity index (χ1v) is 8.72. The Kier molecular flexibility index (Phi) is 3.54. The number of rotatable bonds is 1. The molecule has 0 bridgehead atoms. The van der Waals surface area contributed by atoms with Crippen LogP contribution in [0.1, 0.15) is 24.4 Å². The van der Waals surface area contributed by atoms with Crippen LogP contribution in [0.3, 0.4) is 0 Å². The smallest absolute Gasteiger partial charge is 0.259 e. The number of hydrogen-bond acceptors (Lipinski definition) is 3. The summed E-state index contributed by atoms with van der Waals surface area (Å²) in [6.07, 6.45) is 3.84. The lowest BCUT2D eigenvalue weighted by atomic mass is 10.0. The molecule has 1 aliphatic rings. The number of likely N-dealkylation sites (tertiary alicyclic amines) is 1. The lowest BCUT2D eigenvalue weighted by Crippen LogP contribution is -2.31. The van der Waals surface area contributed by atoms with Crippen LogP contribution in [0.4, 0.5) is 0 Å². The Morgan fingerprint density at radius 2 is 2.00 bits per heavy atom. The van der Waals surface area contributed by atoms with E-state index in [1.165, 1.54) is 0 Å². The highest BCUT2D eigenvalue weighted by molar-refractivity contribution is 9.10. The normalized spacial score (nSPS) is 17.3. The Labute approximate surface area is 142 Å². The number of hydrogen-bond donors (Lipinski definition) is 1. The predicted molar refractivity (Wildman–Crippen MR) is 96.1 cm³/mol. The Morgan fingerprint density at radius 1 is 1.26 bits per heavy atom. The summed E-state index contributed by atoms with van der Waals surface area (Å²) in [4.78, 5) is 17.7. The van der Waals surface area contributed by atoms with Gasteiger partial charge in [-0.05, 0) is 57.6 Å². The second-order valence-corrected chi connectivity index (χ2v) is 7.34. The molecule has 0 aliphatic carbocycles. The van der Waals surface area contributed by atoms with E-state index in [1.54, 1.807) is 6.20 Å². The van der Waals surface area contributed by atoms with Crippen LogP contribution in [0.5, 0.6) is 0 Å². The number of pyridine rings is 1. The van der Waals surface area contributed by atoms with E-state index in [1.807, 2.05) is 13.0 Å². The average Bonchev–Trinajstić information content (AvgIpc) is 2.96. The third-order valence-corrected chi connectivity index (χ3v) is 5.73. The lowest BCUT2D eigenvalue weighted by molar-refractivity contribution is 0.215. The SMILES string of the molecule is Cc1cc2[nH]c(=O)c3cnn(C4CCN(C)CC4)c3c2cc1Br. The highest BCUT2D eigenvalue weighted by Gasteiger charge is 2.22. The van der Waals surface area contributed by atoms with Crippen molar-refractivity contribution in [3.05, 3.63) is 38.7 Å². The molecule has 120 valence electrons. The van der Waals surface area contributed by atoms with Crippen LogP contribution in [0.25, 0.3) is 21.8 Å². The summed E-state index contributed by atoms with van der Waals surface area (Å²) in [7, 11) is 2.15. The molecule has 2 aromatic heterocycles. The zero-order chi connectivity index (χ0) is 16.1. The van der Waals surface area contributed by atoms with Crippen LogP contribution in [0.15, 0.2) is 27.6 Å². The minimum atomic E-state index is -0.0617. The van der Waals surface area contributed by atoms with E-state index in [9.17, 15) is 4.79 Å². The Morgan fingerprint density at radius 3 is 2.74 bits per heavy atom. The van der Waals surface area contributed by atoms with Gasteiger partial charge >= 0.3 is 0 Å². The molecule has 1 saturated heterocycles. The second kappa shape index (κ2) is 5.46. The number of nitrogens with zero attached hydrogens (tertiary/aromatic N) is 3. The van der Waals surface area contributed by atoms with Crippen LogP contribution >= 0.6 is 15.9 Å². The van der Waals surface area contributed by atoms with Crippen LogP contribution in [0.2, 0.25) is 0 Å². The van der Waals surface area contributed by atoms with Crippen molar-refractivity contribution in [3.8, 4) is 0 Å². The highest BCUT2D eigenvalue weighted by Crippen LogP contribution is 2.31. The molecule has 23 heavy (non-hydrogen) atoms. The molecule has 3 heterocycles. The van der Waals surface area contributed by atoms with E-state index < -0.39 is 0 Å². The monoisotopic (exact) mass is 374 g/mol. The minimum Gasteiger partial charge on any atom is -0.321 e. The summed E-state index contributed by atoms with van der Waals surface area (Å²) < 4.78 is 3.12. The summed E-state index contributed by atoms with van der Waals surface area (Å²) in [6, 6.07) is 4.47. The van der Waals surface area contributed by atoms with Crippen molar-refractivity contribution in [2.24, 2.45) is 0 Å². The number of aromatic nitrogens is 3. The molecule has 1 aliphatic heterocycles. The van der Waals surface area contributed by atoms with E-state index in [4.69, 9.17) is 0 Å². The summed E-state index contributed by atoms with van der Waals surface area (Å²) in [6.45, 7) is 4.16. The summed E-state index contributed by atoms with van der Waals surface area (Å²) in [5.74, 6) is 0. The molecule has 0 saturated carbocycles. The van der Waals surface area contributed by atoms with Crippen molar-refractivity contribution in [2.45, 2.75) is 25.8 Å². The molecular weight excluding hydrogens is 356 g/mol. The largest absolute Gasteiger partial charge is 0.321 e. The number of aromatic amines is 1. The van der Waals surface area contributed by atoms with Gasteiger partial charge in [-0.15, -0.1) is 0 Å². The van der Waals surface area contributed by atoms with Gasteiger partial charge in [0.25, 0.3) is 5.56 Å². The van der Waals surface area contributed by atoms with Crippen molar-refractivity contribution in [1.82, 2.24) is 19.7 Å². The molecule has 1 N–H and O–H groups in total. The molecule has 6 heteroatoms. The Balaban J connectivity index is 1.99. The molecule has 4 rings (SSSR count). The van der Waals surface area contributed by atoms with Gasteiger partial charge in [0, 0.05) is 9.86 Å². The fraction of sp³-hybridized carbons (Fsp3) is 0.412. The second-order valence-electron chi connectivity index (χ2n) is 6.49. The van der Waals surface area contributed by atoms with Gasteiger partial charge in [0.1, 0.15) is 0 Å². The van der Waals surface area contributed by atoms with Gasteiger partial charge in [-0.25, -0.2) is 0 Å². The van der Waals surface area contributed by atoms with Crippen molar-refractivity contribution in [3.63, 3.8) is 0 Å². The zero-order valence-electron chi connectivity index (χ0n) is 13.3. The fourth-order valence-electron chi connectivity index (χ4n) is 3.48. The number of benzene rings is 1. The Bertz CT molecular complexity index is 951. The van der Waals surface area contributed by atoms with Gasteiger partial charge in [-0.2, -0.15) is 5.10 Å². The van der Waals surface area contributed by atoms with E-state index in [-0.39, 0.29) is 5.56 Å². The first kappa shape index (κ1) is 14.9. The summed E-state index contributed by atoms with van der Waals surface area (Å²) in [5, 5.41) is 6.29. The van der Waals surface area contributed by atoms with Crippen molar-refractivity contribution < 1.29 is 0 Å². The predicted octanol–water partition coefficient (Wildman–Crippen LogP) is 3.22. The standard InChI is InChI=1S/C17H19BrN4O/c1-10-7-15-12(8-14(10)18)16-13(17(23)20-15)9-19-22(16)11-3-5-21(2)6-4-11/h7-9,11H,3-6H2,1-2H3,(H,20,23). The summed E-state index contributed by atoms with van der Waals surface area (Å²) >= 11 is 3.61. The van der Waals surface area contributed by atoms with Crippen LogP contribution in [-0.4, -0.2) is 39.8 Å². The van der Waals surface area contributed by atoms with Gasteiger partial charge in [0.05, 0.1) is 28.7 Å². The van der Waals surface area contributed by atoms with E-state index >= 15 is 0 Å². The molecule has 0 radical (unpaired) electrons. The molecule has 1 fully saturated rings. The molecule has 0 unspecified atom stereocenters. The van der Waals surface area contributed by atoms with Crippen molar-refractivity contribution in [2.75, 3.05) is 20.1 Å². The molecule has 0 spiro atoms. The van der Waals surface area contributed by atoms with Gasteiger partial charge in [-0.1, -0.05) is 15.9 Å². The highest BCUT2D eigenvalue weighted by atomic mass is 79.9. The number of halogens is 1. The molecule has 0 atom stereocenters. The van der Waals surface area contributed by atoms with Gasteiger partial charge < -0.3 is 9.88 Å². The fourth-order valence-corrected chi connectivity index (χ4v) is 3.83. The maximum absolute atomic E-state index is 12.4. The number of aryl methyl sites for hydroxylation is 1. The lowest BCUT2D eigenvalue weighted by Gasteiger charge is -2.29. The van der Waals surface area contributed by atoms with Crippen LogP contribution < -0.4 is 5.56 Å². The molecule has 3 aromatic rings. The molecule has 0 amide bonds. The average molecular weight is 375 g/mol. The first-order valence-electron chi connectivity index (χ1n) is 7.92. The number of H-pyrrole nitrogens is 1. The van der Waals surface area contributed by atoms with Crippen LogP contribution in [0, 0.1) is 6.92 Å². The maximum Gasteiger partial charge on any atom is 0.259 e. The Hall–Kier alpha value is -1.66.